The lowest BCUT2D eigenvalue weighted by Gasteiger charge is -2.35. The highest BCUT2D eigenvalue weighted by Crippen LogP contribution is 2.17. The van der Waals surface area contributed by atoms with Crippen molar-refractivity contribution in [1.29, 1.82) is 0 Å². The Morgan fingerprint density at radius 2 is 1.95 bits per heavy atom. The summed E-state index contributed by atoms with van der Waals surface area (Å²) in [5.41, 5.74) is -0.820. The normalized spacial score (nSPS) is 14.7. The number of hydrogen-bond donors (Lipinski definition) is 2. The SMILES string of the molecule is Cc1nc(CNC(C)(CNC(=O)OC(C)(C)C)C(C)C)no1. The van der Waals surface area contributed by atoms with E-state index in [4.69, 9.17) is 9.26 Å². The van der Waals surface area contributed by atoms with Crippen LogP contribution in [0, 0.1) is 12.8 Å². The summed E-state index contributed by atoms with van der Waals surface area (Å²) >= 11 is 0. The van der Waals surface area contributed by atoms with Crippen molar-refractivity contribution in [2.75, 3.05) is 6.54 Å². The zero-order valence-corrected chi connectivity index (χ0v) is 14.6. The van der Waals surface area contributed by atoms with Crippen molar-refractivity contribution in [1.82, 2.24) is 20.8 Å². The van der Waals surface area contributed by atoms with Gasteiger partial charge in [-0.1, -0.05) is 19.0 Å². The minimum absolute atomic E-state index is 0.287. The van der Waals surface area contributed by atoms with Gasteiger partial charge in [-0.25, -0.2) is 4.79 Å². The van der Waals surface area contributed by atoms with Crippen LogP contribution in [0.5, 0.6) is 0 Å². The van der Waals surface area contributed by atoms with Crippen molar-refractivity contribution < 1.29 is 14.1 Å². The molecular weight excluding hydrogens is 284 g/mol. The molecule has 7 heteroatoms. The van der Waals surface area contributed by atoms with Crippen molar-refractivity contribution in [3.63, 3.8) is 0 Å². The Kier molecular flexibility index (Phi) is 5.93. The number of nitrogens with one attached hydrogen (secondary N) is 2. The fourth-order valence-corrected chi connectivity index (χ4v) is 1.73. The highest BCUT2D eigenvalue weighted by atomic mass is 16.6. The van der Waals surface area contributed by atoms with Crippen LogP contribution in [0.1, 0.15) is 53.3 Å². The minimum Gasteiger partial charge on any atom is -0.444 e. The third kappa shape index (κ3) is 6.01. The van der Waals surface area contributed by atoms with Gasteiger partial charge in [-0.2, -0.15) is 4.98 Å². The Morgan fingerprint density at radius 3 is 2.41 bits per heavy atom. The van der Waals surface area contributed by atoms with Gasteiger partial charge in [0, 0.05) is 19.0 Å². The molecule has 0 aliphatic carbocycles. The van der Waals surface area contributed by atoms with Crippen molar-refractivity contribution >= 4 is 6.09 Å². The molecule has 0 bridgehead atoms. The van der Waals surface area contributed by atoms with Crippen LogP contribution in [-0.2, 0) is 11.3 Å². The largest absolute Gasteiger partial charge is 0.444 e. The van der Waals surface area contributed by atoms with Crippen LogP contribution in [-0.4, -0.2) is 33.9 Å². The first-order valence-electron chi connectivity index (χ1n) is 7.53. The Labute approximate surface area is 132 Å². The zero-order chi connectivity index (χ0) is 17.0. The molecule has 0 saturated carbocycles. The summed E-state index contributed by atoms with van der Waals surface area (Å²) in [4.78, 5) is 16.0. The molecule has 2 N–H and O–H groups in total. The quantitative estimate of drug-likeness (QED) is 0.838. The minimum atomic E-state index is -0.506. The first kappa shape index (κ1) is 18.4. The van der Waals surface area contributed by atoms with Gasteiger partial charge in [-0.3, -0.25) is 0 Å². The molecule has 0 saturated heterocycles. The van der Waals surface area contributed by atoms with Gasteiger partial charge in [-0.15, -0.1) is 0 Å². The number of nitrogens with zero attached hydrogens (tertiary/aromatic N) is 2. The van der Waals surface area contributed by atoms with Gasteiger partial charge < -0.3 is 19.9 Å². The third-order valence-electron chi connectivity index (χ3n) is 3.49. The van der Waals surface area contributed by atoms with Gasteiger partial charge in [-0.05, 0) is 33.6 Å². The van der Waals surface area contributed by atoms with Crippen molar-refractivity contribution in [2.45, 2.75) is 66.2 Å². The standard InChI is InChI=1S/C15H28N4O3/c1-10(2)15(7,9-16-13(20)21-14(4,5)6)17-8-12-18-11(3)22-19-12/h10,17H,8-9H2,1-7H3,(H,16,20). The third-order valence-corrected chi connectivity index (χ3v) is 3.49. The molecular formula is C15H28N4O3. The molecule has 1 aromatic heterocycles. The number of rotatable bonds is 6. The van der Waals surface area contributed by atoms with Gasteiger partial charge in [0.25, 0.3) is 0 Å². The van der Waals surface area contributed by atoms with Crippen molar-refractivity contribution in [3.8, 4) is 0 Å². The molecule has 0 fully saturated rings. The van der Waals surface area contributed by atoms with Crippen LogP contribution in [0.15, 0.2) is 4.52 Å². The van der Waals surface area contributed by atoms with E-state index in [1.54, 1.807) is 6.92 Å². The van der Waals surface area contributed by atoms with Crippen LogP contribution >= 0.6 is 0 Å². The van der Waals surface area contributed by atoms with Crippen LogP contribution in [0.3, 0.4) is 0 Å². The van der Waals surface area contributed by atoms with E-state index < -0.39 is 11.7 Å². The van der Waals surface area contributed by atoms with Gasteiger partial charge in [0.15, 0.2) is 5.82 Å². The molecule has 126 valence electrons. The van der Waals surface area contributed by atoms with E-state index in [-0.39, 0.29) is 11.5 Å². The lowest BCUT2D eigenvalue weighted by Crippen LogP contribution is -2.55. The van der Waals surface area contributed by atoms with E-state index in [0.29, 0.717) is 24.8 Å². The molecule has 0 aliphatic rings. The lowest BCUT2D eigenvalue weighted by atomic mass is 9.88. The average molecular weight is 312 g/mol. The Morgan fingerprint density at radius 1 is 1.32 bits per heavy atom. The number of aryl methyl sites for hydroxylation is 1. The molecule has 1 amide bonds. The fourth-order valence-electron chi connectivity index (χ4n) is 1.73. The predicted molar refractivity (Wildman–Crippen MR) is 83.4 cm³/mol. The first-order chi connectivity index (χ1) is 10.0. The van der Waals surface area contributed by atoms with Crippen molar-refractivity contribution in [2.24, 2.45) is 5.92 Å². The number of carbonyl (C=O) groups is 1. The van der Waals surface area contributed by atoms with Gasteiger partial charge >= 0.3 is 6.09 Å². The zero-order valence-electron chi connectivity index (χ0n) is 14.6. The van der Waals surface area contributed by atoms with E-state index in [1.165, 1.54) is 0 Å². The first-order valence-corrected chi connectivity index (χ1v) is 7.53. The lowest BCUT2D eigenvalue weighted by molar-refractivity contribution is 0.0503. The van der Waals surface area contributed by atoms with E-state index in [1.807, 2.05) is 27.7 Å². The van der Waals surface area contributed by atoms with E-state index in [2.05, 4.69) is 34.6 Å². The Balaban J connectivity index is 2.57. The smallest absolute Gasteiger partial charge is 0.407 e. The van der Waals surface area contributed by atoms with Crippen LogP contribution in [0.4, 0.5) is 4.79 Å². The monoisotopic (exact) mass is 312 g/mol. The summed E-state index contributed by atoms with van der Waals surface area (Å²) in [5.74, 6) is 1.42. The number of amides is 1. The Hall–Kier alpha value is -1.63. The van der Waals surface area contributed by atoms with Crippen LogP contribution in [0.25, 0.3) is 0 Å². The molecule has 1 aromatic rings. The second-order valence-electron chi connectivity index (χ2n) is 7.01. The highest BCUT2D eigenvalue weighted by molar-refractivity contribution is 5.67. The van der Waals surface area contributed by atoms with Gasteiger partial charge in [0.05, 0.1) is 6.54 Å². The summed E-state index contributed by atoms with van der Waals surface area (Å²) in [6.07, 6.45) is -0.420. The summed E-state index contributed by atoms with van der Waals surface area (Å²) in [5, 5.41) is 10.1. The summed E-state index contributed by atoms with van der Waals surface area (Å²) < 4.78 is 10.2. The summed E-state index contributed by atoms with van der Waals surface area (Å²) in [7, 11) is 0. The molecule has 0 radical (unpaired) electrons. The number of hydrogen-bond acceptors (Lipinski definition) is 6. The predicted octanol–water partition coefficient (Wildman–Crippen LogP) is 2.41. The van der Waals surface area contributed by atoms with Crippen molar-refractivity contribution in [3.05, 3.63) is 11.7 Å². The second-order valence-corrected chi connectivity index (χ2v) is 7.01. The van der Waals surface area contributed by atoms with E-state index >= 15 is 0 Å². The molecule has 0 aromatic carbocycles. The number of ether oxygens (including phenoxy) is 1. The summed E-state index contributed by atoms with van der Waals surface area (Å²) in [6, 6.07) is 0. The maximum atomic E-state index is 11.8. The molecule has 22 heavy (non-hydrogen) atoms. The Bertz CT molecular complexity index is 493. The molecule has 1 heterocycles. The topological polar surface area (TPSA) is 89.3 Å². The number of carbonyl (C=O) groups excluding carboxylic acids is 1. The van der Waals surface area contributed by atoms with E-state index in [9.17, 15) is 4.79 Å². The van der Waals surface area contributed by atoms with Crippen LogP contribution < -0.4 is 10.6 Å². The molecule has 1 atom stereocenters. The number of aromatic nitrogens is 2. The second kappa shape index (κ2) is 7.09. The average Bonchev–Trinajstić information content (AvgIpc) is 2.77. The summed E-state index contributed by atoms with van der Waals surface area (Å²) in [6.45, 7) is 14.4. The molecule has 7 nitrogen and oxygen atoms in total. The van der Waals surface area contributed by atoms with Crippen LogP contribution in [0.2, 0.25) is 0 Å². The maximum absolute atomic E-state index is 11.8. The maximum Gasteiger partial charge on any atom is 0.407 e. The van der Waals surface area contributed by atoms with Gasteiger partial charge in [0.1, 0.15) is 5.60 Å². The van der Waals surface area contributed by atoms with Gasteiger partial charge in [0.2, 0.25) is 5.89 Å². The number of alkyl carbamates (subject to hydrolysis) is 1. The molecule has 0 spiro atoms. The van der Waals surface area contributed by atoms with E-state index in [0.717, 1.165) is 0 Å². The fraction of sp³-hybridized carbons (Fsp3) is 0.800. The molecule has 1 rings (SSSR count). The molecule has 0 aliphatic heterocycles. The highest BCUT2D eigenvalue weighted by Gasteiger charge is 2.29. The molecule has 1 unspecified atom stereocenters.